The third kappa shape index (κ3) is 2.62. The minimum Gasteiger partial charge on any atom is -0.490 e. The van der Waals surface area contributed by atoms with Crippen molar-refractivity contribution in [1.82, 2.24) is 14.8 Å². The highest BCUT2D eigenvalue weighted by Crippen LogP contribution is 2.16. The molecule has 2 heterocycles. The molecule has 0 radical (unpaired) electrons. The zero-order valence-corrected chi connectivity index (χ0v) is 9.71. The van der Waals surface area contributed by atoms with Gasteiger partial charge in [-0.2, -0.15) is 5.10 Å². The van der Waals surface area contributed by atoms with Crippen molar-refractivity contribution < 1.29 is 9.84 Å². The Balaban J connectivity index is 2.24. The van der Waals surface area contributed by atoms with E-state index in [4.69, 9.17) is 4.74 Å². The lowest BCUT2D eigenvalue weighted by molar-refractivity contribution is 0.281. The van der Waals surface area contributed by atoms with E-state index < -0.39 is 0 Å². The van der Waals surface area contributed by atoms with Crippen molar-refractivity contribution in [1.29, 1.82) is 0 Å². The average Bonchev–Trinajstić information content (AvgIpc) is 2.85. The Bertz CT molecular complexity index is 482. The first-order valence-corrected chi connectivity index (χ1v) is 5.56. The SMILES string of the molecule is CCCOc1cnn(-c2cnccc2CO)c1. The van der Waals surface area contributed by atoms with Crippen molar-refractivity contribution in [3.63, 3.8) is 0 Å². The Morgan fingerprint density at radius 2 is 2.29 bits per heavy atom. The van der Waals surface area contributed by atoms with Crippen LogP contribution in [-0.2, 0) is 6.61 Å². The van der Waals surface area contributed by atoms with Crippen LogP contribution in [0.3, 0.4) is 0 Å². The lowest BCUT2D eigenvalue weighted by atomic mass is 10.2. The molecule has 0 aliphatic heterocycles. The van der Waals surface area contributed by atoms with Crippen LogP contribution in [0.5, 0.6) is 5.75 Å². The molecular formula is C12H15N3O2. The number of aliphatic hydroxyl groups excluding tert-OH is 1. The van der Waals surface area contributed by atoms with Gasteiger partial charge in [-0.15, -0.1) is 0 Å². The fourth-order valence-corrected chi connectivity index (χ4v) is 1.49. The van der Waals surface area contributed by atoms with E-state index in [1.807, 2.05) is 0 Å². The van der Waals surface area contributed by atoms with E-state index in [0.29, 0.717) is 6.61 Å². The van der Waals surface area contributed by atoms with Gasteiger partial charge < -0.3 is 9.84 Å². The molecule has 0 aromatic carbocycles. The molecule has 2 aromatic rings. The van der Waals surface area contributed by atoms with Gasteiger partial charge in [0.25, 0.3) is 0 Å². The maximum Gasteiger partial charge on any atom is 0.157 e. The van der Waals surface area contributed by atoms with E-state index >= 15 is 0 Å². The highest BCUT2D eigenvalue weighted by atomic mass is 16.5. The summed E-state index contributed by atoms with van der Waals surface area (Å²) >= 11 is 0. The summed E-state index contributed by atoms with van der Waals surface area (Å²) in [5.41, 5.74) is 1.55. The van der Waals surface area contributed by atoms with Crippen molar-refractivity contribution >= 4 is 0 Å². The number of hydrogen-bond acceptors (Lipinski definition) is 4. The smallest absolute Gasteiger partial charge is 0.157 e. The van der Waals surface area contributed by atoms with Gasteiger partial charge in [0.1, 0.15) is 0 Å². The lowest BCUT2D eigenvalue weighted by Crippen LogP contribution is -2.00. The maximum atomic E-state index is 9.23. The van der Waals surface area contributed by atoms with E-state index in [9.17, 15) is 5.11 Å². The lowest BCUT2D eigenvalue weighted by Gasteiger charge is -2.05. The molecule has 0 saturated heterocycles. The molecule has 0 atom stereocenters. The zero-order valence-electron chi connectivity index (χ0n) is 9.71. The second-order valence-electron chi connectivity index (χ2n) is 3.63. The molecule has 0 unspecified atom stereocenters. The van der Waals surface area contributed by atoms with Crippen LogP contribution in [0.25, 0.3) is 5.69 Å². The number of ether oxygens (including phenoxy) is 1. The summed E-state index contributed by atoms with van der Waals surface area (Å²) in [7, 11) is 0. The van der Waals surface area contributed by atoms with Crippen LogP contribution < -0.4 is 4.74 Å². The topological polar surface area (TPSA) is 60.2 Å². The molecule has 0 amide bonds. The van der Waals surface area contributed by atoms with E-state index in [-0.39, 0.29) is 6.61 Å². The predicted molar refractivity (Wildman–Crippen MR) is 63.1 cm³/mol. The van der Waals surface area contributed by atoms with E-state index in [1.54, 1.807) is 35.5 Å². The standard InChI is InChI=1S/C12H15N3O2/c1-2-5-17-11-6-14-15(8-11)12-7-13-4-3-10(12)9-16/h3-4,6-8,16H,2,5,9H2,1H3. The third-order valence-electron chi connectivity index (χ3n) is 2.34. The van der Waals surface area contributed by atoms with Crippen LogP contribution in [0.2, 0.25) is 0 Å². The Labute approximate surface area is 99.7 Å². The Hall–Kier alpha value is -1.88. The second kappa shape index (κ2) is 5.45. The van der Waals surface area contributed by atoms with Gasteiger partial charge in [-0.05, 0) is 12.5 Å². The molecule has 2 rings (SSSR count). The fourth-order valence-electron chi connectivity index (χ4n) is 1.49. The molecule has 0 saturated carbocycles. The number of nitrogens with zero attached hydrogens (tertiary/aromatic N) is 3. The largest absolute Gasteiger partial charge is 0.490 e. The quantitative estimate of drug-likeness (QED) is 0.851. The first-order chi connectivity index (χ1) is 8.35. The van der Waals surface area contributed by atoms with Gasteiger partial charge in [-0.25, -0.2) is 4.68 Å². The summed E-state index contributed by atoms with van der Waals surface area (Å²) in [6, 6.07) is 1.77. The summed E-state index contributed by atoms with van der Waals surface area (Å²) in [4.78, 5) is 4.03. The molecule has 90 valence electrons. The average molecular weight is 233 g/mol. The summed E-state index contributed by atoms with van der Waals surface area (Å²) < 4.78 is 7.12. The number of rotatable bonds is 5. The first kappa shape index (κ1) is 11.6. The Kier molecular flexibility index (Phi) is 3.72. The number of hydrogen-bond donors (Lipinski definition) is 1. The molecule has 5 heteroatoms. The van der Waals surface area contributed by atoms with Gasteiger partial charge in [-0.1, -0.05) is 6.92 Å². The van der Waals surface area contributed by atoms with Crippen molar-refractivity contribution in [2.75, 3.05) is 6.61 Å². The third-order valence-corrected chi connectivity index (χ3v) is 2.34. The molecule has 17 heavy (non-hydrogen) atoms. The molecule has 0 aliphatic carbocycles. The molecule has 2 aromatic heterocycles. The number of pyridine rings is 1. The summed E-state index contributed by atoms with van der Waals surface area (Å²) in [5, 5.41) is 13.4. The van der Waals surface area contributed by atoms with Crippen LogP contribution in [-0.4, -0.2) is 26.5 Å². The maximum absolute atomic E-state index is 9.23. The molecule has 0 fully saturated rings. The predicted octanol–water partition coefficient (Wildman–Crippen LogP) is 1.55. The number of aromatic nitrogens is 3. The highest BCUT2D eigenvalue weighted by molar-refractivity contribution is 5.38. The monoisotopic (exact) mass is 233 g/mol. The van der Waals surface area contributed by atoms with Crippen LogP contribution in [0.4, 0.5) is 0 Å². The van der Waals surface area contributed by atoms with Gasteiger partial charge in [0.15, 0.2) is 5.75 Å². The van der Waals surface area contributed by atoms with E-state index in [1.165, 1.54) is 0 Å². The molecule has 1 N–H and O–H groups in total. The van der Waals surface area contributed by atoms with Crippen molar-refractivity contribution in [3.05, 3.63) is 36.4 Å². The van der Waals surface area contributed by atoms with Gasteiger partial charge in [0.2, 0.25) is 0 Å². The normalized spacial score (nSPS) is 10.5. The van der Waals surface area contributed by atoms with Crippen LogP contribution in [0.1, 0.15) is 18.9 Å². The number of aliphatic hydroxyl groups is 1. The molecule has 0 aliphatic rings. The summed E-state index contributed by atoms with van der Waals surface area (Å²) in [6.07, 6.45) is 7.71. The summed E-state index contributed by atoms with van der Waals surface area (Å²) in [5.74, 6) is 0.722. The zero-order chi connectivity index (χ0) is 12.1. The summed E-state index contributed by atoms with van der Waals surface area (Å²) in [6.45, 7) is 2.68. The van der Waals surface area contributed by atoms with Crippen LogP contribution >= 0.6 is 0 Å². The Morgan fingerprint density at radius 3 is 3.06 bits per heavy atom. The van der Waals surface area contributed by atoms with Crippen LogP contribution in [0.15, 0.2) is 30.9 Å². The van der Waals surface area contributed by atoms with Gasteiger partial charge >= 0.3 is 0 Å². The first-order valence-electron chi connectivity index (χ1n) is 5.56. The van der Waals surface area contributed by atoms with Gasteiger partial charge in [0.05, 0.1) is 37.5 Å². The molecule has 5 nitrogen and oxygen atoms in total. The highest BCUT2D eigenvalue weighted by Gasteiger charge is 2.06. The molecule has 0 spiro atoms. The van der Waals surface area contributed by atoms with Crippen LogP contribution in [0, 0.1) is 0 Å². The second-order valence-corrected chi connectivity index (χ2v) is 3.63. The minimum absolute atomic E-state index is 0.0388. The van der Waals surface area contributed by atoms with Crippen molar-refractivity contribution in [2.45, 2.75) is 20.0 Å². The molecule has 0 bridgehead atoms. The van der Waals surface area contributed by atoms with Gasteiger partial charge in [0, 0.05) is 11.8 Å². The van der Waals surface area contributed by atoms with Gasteiger partial charge in [-0.3, -0.25) is 4.98 Å². The van der Waals surface area contributed by atoms with E-state index in [0.717, 1.165) is 23.4 Å². The molecular weight excluding hydrogens is 218 g/mol. The Morgan fingerprint density at radius 1 is 1.41 bits per heavy atom. The van der Waals surface area contributed by atoms with Crippen molar-refractivity contribution in [2.24, 2.45) is 0 Å². The van der Waals surface area contributed by atoms with Crippen molar-refractivity contribution in [3.8, 4) is 11.4 Å². The van der Waals surface area contributed by atoms with E-state index in [2.05, 4.69) is 17.0 Å². The fraction of sp³-hybridized carbons (Fsp3) is 0.333. The minimum atomic E-state index is -0.0388.